The van der Waals surface area contributed by atoms with E-state index in [1.54, 1.807) is 60.8 Å². The molecule has 0 saturated heterocycles. The van der Waals surface area contributed by atoms with E-state index >= 15 is 0 Å². The molecule has 0 aliphatic rings. The molecule has 0 aliphatic carbocycles. The number of carboxylic acids is 1. The van der Waals surface area contributed by atoms with Crippen molar-refractivity contribution in [3.63, 3.8) is 0 Å². The lowest BCUT2D eigenvalue weighted by Gasteiger charge is -2.21. The summed E-state index contributed by atoms with van der Waals surface area (Å²) in [6.45, 7) is -0.544. The number of nitrogens with one attached hydrogen (secondary N) is 1. The number of amidine groups is 1. The quantitative estimate of drug-likeness (QED) is 0.190. The number of nitrogens with two attached hydrogens (primary N) is 1. The van der Waals surface area contributed by atoms with Crippen LogP contribution in [0.4, 0.5) is 5.69 Å². The molecule has 2 aromatic carbocycles. The number of aromatic nitrogens is 2. The highest BCUT2D eigenvalue weighted by Crippen LogP contribution is 2.28. The van der Waals surface area contributed by atoms with Gasteiger partial charge in [-0.15, -0.1) is 12.4 Å². The number of benzene rings is 2. The van der Waals surface area contributed by atoms with Crippen LogP contribution in [0.3, 0.4) is 0 Å². The summed E-state index contributed by atoms with van der Waals surface area (Å²) < 4.78 is 1.82. The van der Waals surface area contributed by atoms with Crippen molar-refractivity contribution in [3.8, 4) is 0 Å². The maximum Gasteiger partial charge on any atom is 0.323 e. The lowest BCUT2D eigenvalue weighted by Crippen LogP contribution is -2.35. The normalized spacial score (nSPS) is 10.5. The number of nitrogens with zero attached hydrogens (tertiary/aromatic N) is 3. The molecule has 0 atom stereocenters. The summed E-state index contributed by atoms with van der Waals surface area (Å²) in [5.41, 5.74) is 8.69. The standard InChI is InChI=1S/C26H23N5O4.ClH/c1-30-14-21(23(32)11-16-4-6-17(7-5-16)25(27)28)20-12-19(8-9-22(20)30)31(15-24(33)34)26(35)18-3-2-10-29-13-18;/h2-10,12-14H,11,15H2,1H3,(H3,27,28)(H,33,34);1H. The Bertz CT molecular complexity index is 1450. The fraction of sp³-hybridized carbons (Fsp3) is 0.115. The first-order valence-corrected chi connectivity index (χ1v) is 10.7. The van der Waals surface area contributed by atoms with Gasteiger partial charge in [-0.25, -0.2) is 0 Å². The van der Waals surface area contributed by atoms with Crippen molar-refractivity contribution in [1.29, 1.82) is 5.41 Å². The molecule has 184 valence electrons. The fourth-order valence-corrected chi connectivity index (χ4v) is 3.91. The Morgan fingerprint density at radius 2 is 1.81 bits per heavy atom. The van der Waals surface area contributed by atoms with Crippen LogP contribution in [0.25, 0.3) is 10.9 Å². The molecule has 4 N–H and O–H groups in total. The smallest absolute Gasteiger partial charge is 0.323 e. The summed E-state index contributed by atoms with van der Waals surface area (Å²) in [5.74, 6) is -1.85. The number of fused-ring (bicyclic) bond motifs is 1. The molecule has 36 heavy (non-hydrogen) atoms. The Balaban J connectivity index is 0.00000361. The molecule has 1 amide bonds. The van der Waals surface area contributed by atoms with Crippen molar-refractivity contribution in [1.82, 2.24) is 9.55 Å². The van der Waals surface area contributed by atoms with Crippen LogP contribution < -0.4 is 10.6 Å². The molecular weight excluding hydrogens is 482 g/mol. The Morgan fingerprint density at radius 3 is 2.42 bits per heavy atom. The van der Waals surface area contributed by atoms with Gasteiger partial charge in [0.15, 0.2) is 5.78 Å². The number of pyridine rings is 1. The Hall–Kier alpha value is -4.50. The highest BCUT2D eigenvalue weighted by molar-refractivity contribution is 6.12. The Labute approximate surface area is 213 Å². The highest BCUT2D eigenvalue weighted by Gasteiger charge is 2.23. The number of halogens is 1. The number of ketones is 1. The first-order valence-electron chi connectivity index (χ1n) is 10.7. The zero-order chi connectivity index (χ0) is 25.1. The predicted octanol–water partition coefficient (Wildman–Crippen LogP) is 3.44. The molecule has 0 bridgehead atoms. The van der Waals surface area contributed by atoms with Crippen molar-refractivity contribution in [2.24, 2.45) is 12.8 Å². The molecule has 10 heteroatoms. The van der Waals surface area contributed by atoms with Gasteiger partial charge in [-0.1, -0.05) is 24.3 Å². The molecule has 0 aliphatic heterocycles. The topological polar surface area (TPSA) is 142 Å². The average Bonchev–Trinajstić information content (AvgIpc) is 3.18. The largest absolute Gasteiger partial charge is 0.480 e. The second kappa shape index (κ2) is 10.8. The van der Waals surface area contributed by atoms with E-state index in [2.05, 4.69) is 4.98 Å². The number of hydrogen-bond donors (Lipinski definition) is 3. The van der Waals surface area contributed by atoms with Gasteiger partial charge in [0.05, 0.1) is 5.56 Å². The van der Waals surface area contributed by atoms with E-state index in [4.69, 9.17) is 11.1 Å². The average molecular weight is 506 g/mol. The summed E-state index contributed by atoms with van der Waals surface area (Å²) in [6, 6.07) is 15.2. The van der Waals surface area contributed by atoms with Crippen LogP contribution >= 0.6 is 12.4 Å². The monoisotopic (exact) mass is 505 g/mol. The van der Waals surface area contributed by atoms with Gasteiger partial charge >= 0.3 is 5.97 Å². The molecule has 4 aromatic rings. The third-order valence-electron chi connectivity index (χ3n) is 5.66. The molecule has 0 radical (unpaired) electrons. The lowest BCUT2D eigenvalue weighted by molar-refractivity contribution is -0.135. The van der Waals surface area contributed by atoms with Crippen LogP contribution in [0, 0.1) is 5.41 Å². The minimum Gasteiger partial charge on any atom is -0.480 e. The number of Topliss-reactive ketones (excluding diaryl/α,β-unsaturated/α-hetero) is 1. The first kappa shape index (κ1) is 26.1. The van der Waals surface area contributed by atoms with Crippen LogP contribution in [-0.2, 0) is 18.3 Å². The number of aliphatic carboxylic acids is 1. The van der Waals surface area contributed by atoms with Gasteiger partial charge < -0.3 is 15.4 Å². The Morgan fingerprint density at radius 1 is 1.08 bits per heavy atom. The minimum absolute atomic E-state index is 0. The van der Waals surface area contributed by atoms with Crippen molar-refractivity contribution in [2.75, 3.05) is 11.4 Å². The number of carbonyl (C=O) groups excluding carboxylic acids is 2. The van der Waals surface area contributed by atoms with E-state index in [0.717, 1.165) is 16.0 Å². The molecule has 0 fully saturated rings. The third kappa shape index (κ3) is 5.42. The van der Waals surface area contributed by atoms with E-state index in [1.807, 2.05) is 11.6 Å². The van der Waals surface area contributed by atoms with Gasteiger partial charge in [-0.2, -0.15) is 0 Å². The van der Waals surface area contributed by atoms with Gasteiger partial charge in [0.25, 0.3) is 5.91 Å². The summed E-state index contributed by atoms with van der Waals surface area (Å²) in [5, 5.41) is 17.5. The zero-order valence-corrected chi connectivity index (χ0v) is 20.2. The minimum atomic E-state index is -1.17. The fourth-order valence-electron chi connectivity index (χ4n) is 3.91. The number of anilines is 1. The summed E-state index contributed by atoms with van der Waals surface area (Å²) in [4.78, 5) is 42.9. The maximum atomic E-state index is 13.2. The van der Waals surface area contributed by atoms with Gasteiger partial charge in [0.1, 0.15) is 12.4 Å². The lowest BCUT2D eigenvalue weighted by atomic mass is 10.0. The van der Waals surface area contributed by atoms with Gasteiger partial charge in [-0.3, -0.25) is 29.7 Å². The zero-order valence-electron chi connectivity index (χ0n) is 19.3. The van der Waals surface area contributed by atoms with Crippen LogP contribution in [0.15, 0.2) is 73.2 Å². The van der Waals surface area contributed by atoms with Crippen molar-refractivity contribution in [2.45, 2.75) is 6.42 Å². The van der Waals surface area contributed by atoms with Gasteiger partial charge in [0.2, 0.25) is 0 Å². The van der Waals surface area contributed by atoms with Crippen LogP contribution in [0.5, 0.6) is 0 Å². The molecule has 2 heterocycles. The van der Waals surface area contributed by atoms with E-state index in [9.17, 15) is 19.5 Å². The van der Waals surface area contributed by atoms with Gasteiger partial charge in [-0.05, 0) is 35.9 Å². The molecule has 2 aromatic heterocycles. The van der Waals surface area contributed by atoms with E-state index in [1.165, 1.54) is 12.4 Å². The van der Waals surface area contributed by atoms with Crippen LogP contribution in [0.2, 0.25) is 0 Å². The van der Waals surface area contributed by atoms with E-state index in [-0.39, 0.29) is 36.0 Å². The third-order valence-corrected chi connectivity index (χ3v) is 5.66. The number of amides is 1. The number of carboxylic acid groups (broad SMARTS) is 1. The first-order chi connectivity index (χ1) is 16.7. The van der Waals surface area contributed by atoms with Crippen molar-refractivity contribution >= 4 is 52.5 Å². The summed E-state index contributed by atoms with van der Waals surface area (Å²) in [6.07, 6.45) is 4.77. The predicted molar refractivity (Wildman–Crippen MR) is 139 cm³/mol. The Kier molecular flexibility index (Phi) is 7.86. The number of carbonyl (C=O) groups is 3. The molecule has 9 nitrogen and oxygen atoms in total. The summed E-state index contributed by atoms with van der Waals surface area (Å²) in [7, 11) is 1.82. The van der Waals surface area contributed by atoms with E-state index in [0.29, 0.717) is 22.2 Å². The molecule has 0 unspecified atom stereocenters. The number of nitrogen functional groups attached to an aromatic ring is 1. The molecular formula is C26H24ClN5O4. The second-order valence-electron chi connectivity index (χ2n) is 8.09. The van der Waals surface area contributed by atoms with E-state index < -0.39 is 18.4 Å². The summed E-state index contributed by atoms with van der Waals surface area (Å²) >= 11 is 0. The second-order valence-corrected chi connectivity index (χ2v) is 8.09. The van der Waals surface area contributed by atoms with Crippen LogP contribution in [0.1, 0.15) is 31.8 Å². The SMILES string of the molecule is Cl.Cn1cc(C(=O)Cc2ccc(C(=N)N)cc2)c2cc(N(CC(=O)O)C(=O)c3cccnc3)ccc21. The van der Waals surface area contributed by atoms with Crippen LogP contribution in [-0.4, -0.2) is 44.7 Å². The number of rotatable bonds is 8. The van der Waals surface area contributed by atoms with Gasteiger partial charge in [0, 0.05) is 59.8 Å². The highest BCUT2D eigenvalue weighted by atomic mass is 35.5. The molecule has 4 rings (SSSR count). The van der Waals surface area contributed by atoms with Crippen molar-refractivity contribution in [3.05, 3.63) is 95.4 Å². The maximum absolute atomic E-state index is 13.2. The number of hydrogen-bond acceptors (Lipinski definition) is 5. The number of aryl methyl sites for hydroxylation is 1. The molecule has 0 saturated carbocycles. The molecule has 0 spiro atoms. The van der Waals surface area contributed by atoms with Crippen molar-refractivity contribution < 1.29 is 19.5 Å².